The Morgan fingerprint density at radius 2 is 1.74 bits per heavy atom. The number of benzene rings is 1. The number of hydrogen-bond acceptors (Lipinski definition) is 7. The molecule has 0 unspecified atom stereocenters. The van der Waals surface area contributed by atoms with Crippen molar-refractivity contribution in [3.05, 3.63) is 41.6 Å². The quantitative estimate of drug-likeness (QED) is 0.518. The maximum Gasteiger partial charge on any atom is 0.416 e. The molecule has 0 radical (unpaired) electrons. The summed E-state index contributed by atoms with van der Waals surface area (Å²) < 4.78 is 54.1. The van der Waals surface area contributed by atoms with Gasteiger partial charge in [-0.3, -0.25) is 0 Å². The van der Waals surface area contributed by atoms with Crippen molar-refractivity contribution in [3.8, 4) is 17.3 Å². The molecule has 5 nitrogen and oxygen atoms in total. The van der Waals surface area contributed by atoms with Crippen LogP contribution in [-0.4, -0.2) is 29.9 Å². The number of thioether (sulfide) groups is 1. The van der Waals surface area contributed by atoms with Gasteiger partial charge in [0.1, 0.15) is 0 Å². The van der Waals surface area contributed by atoms with Gasteiger partial charge in [-0.15, -0.1) is 0 Å². The maximum absolute atomic E-state index is 12.8. The molecule has 1 aromatic heterocycles. The molecule has 0 amide bonds. The third-order valence-electron chi connectivity index (χ3n) is 3.33. The molecule has 0 fully saturated rings. The van der Waals surface area contributed by atoms with Crippen LogP contribution >= 0.6 is 18.5 Å². The van der Waals surface area contributed by atoms with Crippen LogP contribution in [0.5, 0.6) is 5.88 Å². The van der Waals surface area contributed by atoms with Gasteiger partial charge >= 0.3 is 12.9 Å². The molecule has 11 heteroatoms. The number of hydrogen-bond donors (Lipinski definition) is 0. The summed E-state index contributed by atoms with van der Waals surface area (Å²) in [5, 5.41) is 0. The molecule has 0 bridgehead atoms. The molecule has 0 aliphatic rings. The number of rotatable bonds is 8. The summed E-state index contributed by atoms with van der Waals surface area (Å²) in [6, 6.07) is 6.24. The first-order chi connectivity index (χ1) is 12.7. The Hall–Kier alpha value is -1.19. The first kappa shape index (κ1) is 22.1. The van der Waals surface area contributed by atoms with Crippen LogP contribution in [0.3, 0.4) is 0 Å². The van der Waals surface area contributed by atoms with Crippen LogP contribution < -0.4 is 4.52 Å². The molecule has 2 aromatic rings. The van der Waals surface area contributed by atoms with E-state index >= 15 is 0 Å². The summed E-state index contributed by atoms with van der Waals surface area (Å²) >= 11 is 6.82. The Bertz CT molecular complexity index is 812. The van der Waals surface area contributed by atoms with E-state index in [2.05, 4.69) is 9.97 Å². The van der Waals surface area contributed by atoms with Crippen molar-refractivity contribution < 1.29 is 26.7 Å². The molecule has 0 N–H and O–H groups in total. The van der Waals surface area contributed by atoms with Gasteiger partial charge in [-0.05, 0) is 17.9 Å². The zero-order valence-corrected chi connectivity index (χ0v) is 17.3. The average molecular weight is 438 g/mol. The third-order valence-corrected chi connectivity index (χ3v) is 6.66. The Labute approximate surface area is 164 Å². The molecule has 0 spiro atoms. The Balaban J connectivity index is 2.42. The third kappa shape index (κ3) is 6.15. The van der Waals surface area contributed by atoms with E-state index < -0.39 is 18.5 Å². The van der Waals surface area contributed by atoms with Crippen LogP contribution in [0.4, 0.5) is 13.2 Å². The van der Waals surface area contributed by atoms with Gasteiger partial charge < -0.3 is 13.6 Å². The lowest BCUT2D eigenvalue weighted by molar-refractivity contribution is -0.137. The van der Waals surface area contributed by atoms with Crippen molar-refractivity contribution in [3.63, 3.8) is 0 Å². The van der Waals surface area contributed by atoms with Crippen molar-refractivity contribution in [2.24, 2.45) is 0 Å². The van der Waals surface area contributed by atoms with Crippen LogP contribution in [0.1, 0.15) is 18.2 Å². The molecule has 0 atom stereocenters. The monoisotopic (exact) mass is 438 g/mol. The normalized spacial score (nSPS) is 12.2. The summed E-state index contributed by atoms with van der Waals surface area (Å²) in [5.74, 6) is 1.86. The van der Waals surface area contributed by atoms with Crippen LogP contribution in [0.25, 0.3) is 11.4 Å². The minimum absolute atomic E-state index is 0.152. The van der Waals surface area contributed by atoms with Gasteiger partial charge in [-0.2, -0.15) is 29.9 Å². The van der Waals surface area contributed by atoms with E-state index in [1.54, 1.807) is 17.8 Å². The molecule has 0 aliphatic carbocycles. The van der Waals surface area contributed by atoms with E-state index in [0.717, 1.165) is 17.9 Å². The summed E-state index contributed by atoms with van der Waals surface area (Å²) in [5.41, 5.74) is 0.351. The second-order valence-corrected chi connectivity index (χ2v) is 9.56. The van der Waals surface area contributed by atoms with E-state index in [-0.39, 0.29) is 11.7 Å². The molecule has 0 saturated carbocycles. The number of aromatic nitrogens is 2. The van der Waals surface area contributed by atoms with Gasteiger partial charge in [0.25, 0.3) is 0 Å². The van der Waals surface area contributed by atoms with Crippen LogP contribution in [-0.2, 0) is 32.8 Å². The van der Waals surface area contributed by atoms with Crippen molar-refractivity contribution in [2.75, 3.05) is 20.0 Å². The van der Waals surface area contributed by atoms with Gasteiger partial charge in [-0.25, -0.2) is 4.98 Å². The fourth-order valence-electron chi connectivity index (χ4n) is 2.00. The first-order valence-electron chi connectivity index (χ1n) is 7.75. The SMILES string of the molecule is CCSCc1cc(OP(=S)(OC)OC)nc(-c2ccc(C(F)(F)F)cc2)n1. The Morgan fingerprint density at radius 3 is 2.26 bits per heavy atom. The molecule has 148 valence electrons. The second-order valence-electron chi connectivity index (χ2n) is 5.14. The van der Waals surface area contributed by atoms with Crippen molar-refractivity contribution in [1.29, 1.82) is 0 Å². The highest BCUT2D eigenvalue weighted by atomic mass is 32.5. The molecule has 1 heterocycles. The molecule has 27 heavy (non-hydrogen) atoms. The highest BCUT2D eigenvalue weighted by molar-refractivity contribution is 8.07. The predicted octanol–water partition coefficient (Wildman–Crippen LogP) is 5.31. The Morgan fingerprint density at radius 1 is 1.11 bits per heavy atom. The second kappa shape index (κ2) is 9.34. The molecule has 1 aromatic carbocycles. The first-order valence-corrected chi connectivity index (χ1v) is 11.5. The minimum atomic E-state index is -4.41. The molecule has 2 rings (SSSR count). The van der Waals surface area contributed by atoms with E-state index in [1.165, 1.54) is 26.4 Å². The lowest BCUT2D eigenvalue weighted by Crippen LogP contribution is -2.05. The van der Waals surface area contributed by atoms with Crippen molar-refractivity contribution >= 4 is 30.3 Å². The van der Waals surface area contributed by atoms with Crippen LogP contribution in [0, 0.1) is 0 Å². The predicted molar refractivity (Wildman–Crippen MR) is 103 cm³/mol. The fourth-order valence-corrected chi connectivity index (χ4v) is 3.41. The minimum Gasteiger partial charge on any atom is -0.406 e. The Kier molecular flexibility index (Phi) is 7.64. The maximum atomic E-state index is 12.8. The zero-order chi connectivity index (χ0) is 20.1. The van der Waals surface area contributed by atoms with Gasteiger partial charge in [0, 0.05) is 43.4 Å². The fraction of sp³-hybridized carbons (Fsp3) is 0.375. The topological polar surface area (TPSA) is 53.5 Å². The van der Waals surface area contributed by atoms with E-state index in [9.17, 15) is 13.2 Å². The molecular weight excluding hydrogens is 420 g/mol. The molecular formula is C16H18F3N2O3PS2. The highest BCUT2D eigenvalue weighted by Crippen LogP contribution is 2.48. The van der Waals surface area contributed by atoms with Gasteiger partial charge in [0.2, 0.25) is 5.88 Å². The lowest BCUT2D eigenvalue weighted by atomic mass is 10.1. The summed E-state index contributed by atoms with van der Waals surface area (Å²) in [7, 11) is 2.74. The smallest absolute Gasteiger partial charge is 0.406 e. The number of alkyl halides is 3. The average Bonchev–Trinajstić information content (AvgIpc) is 2.65. The molecule has 0 saturated heterocycles. The van der Waals surface area contributed by atoms with Crippen molar-refractivity contribution in [1.82, 2.24) is 9.97 Å². The largest absolute Gasteiger partial charge is 0.416 e. The summed E-state index contributed by atoms with van der Waals surface area (Å²) in [6.07, 6.45) is -4.41. The highest BCUT2D eigenvalue weighted by Gasteiger charge is 2.30. The zero-order valence-electron chi connectivity index (χ0n) is 14.8. The number of halogens is 3. The molecule has 0 aliphatic heterocycles. The lowest BCUT2D eigenvalue weighted by Gasteiger charge is -2.18. The van der Waals surface area contributed by atoms with E-state index in [4.69, 9.17) is 25.4 Å². The van der Waals surface area contributed by atoms with E-state index in [0.29, 0.717) is 17.0 Å². The van der Waals surface area contributed by atoms with Crippen LogP contribution in [0.2, 0.25) is 0 Å². The summed E-state index contributed by atoms with van der Waals surface area (Å²) in [4.78, 5) is 8.68. The van der Waals surface area contributed by atoms with E-state index in [1.807, 2.05) is 6.92 Å². The van der Waals surface area contributed by atoms with Crippen LogP contribution in [0.15, 0.2) is 30.3 Å². The van der Waals surface area contributed by atoms with Gasteiger partial charge in [0.15, 0.2) is 5.82 Å². The van der Waals surface area contributed by atoms with Gasteiger partial charge in [-0.1, -0.05) is 19.1 Å². The summed E-state index contributed by atoms with van der Waals surface area (Å²) in [6.45, 7) is -0.993. The standard InChI is InChI=1S/C16H18F3N2O3PS2/c1-4-27-10-13-9-14(24-25(26,22-2)23-3)21-15(20-13)11-5-7-12(8-6-11)16(17,18)19/h5-9H,4,10H2,1-3H3. The number of nitrogens with zero attached hydrogens (tertiary/aromatic N) is 2. The van der Waals surface area contributed by atoms with Crippen molar-refractivity contribution in [2.45, 2.75) is 18.9 Å². The van der Waals surface area contributed by atoms with Gasteiger partial charge in [0.05, 0.1) is 11.3 Å².